The molecular formula is C20H31N3. The number of para-hydroxylation sites is 1. The van der Waals surface area contributed by atoms with Crippen LogP contribution >= 0.6 is 0 Å². The predicted molar refractivity (Wildman–Crippen MR) is 97.2 cm³/mol. The molecule has 2 saturated heterocycles. The number of unbranched alkanes of at least 4 members (excludes halogenated alkanes) is 1. The summed E-state index contributed by atoms with van der Waals surface area (Å²) in [4.78, 5) is 8.06. The van der Waals surface area contributed by atoms with Crippen LogP contribution < -0.4 is 4.90 Å². The van der Waals surface area contributed by atoms with E-state index in [2.05, 4.69) is 39.0 Å². The van der Waals surface area contributed by atoms with Crippen LogP contribution in [-0.2, 0) is 6.42 Å². The zero-order valence-corrected chi connectivity index (χ0v) is 14.4. The van der Waals surface area contributed by atoms with Crippen LogP contribution in [0.3, 0.4) is 0 Å². The Morgan fingerprint density at radius 1 is 0.913 bits per heavy atom. The molecule has 3 nitrogen and oxygen atoms in total. The van der Waals surface area contributed by atoms with Gasteiger partial charge in [0.2, 0.25) is 0 Å². The lowest BCUT2D eigenvalue weighted by molar-refractivity contribution is 0.0488. The second-order valence-corrected chi connectivity index (χ2v) is 7.56. The van der Waals surface area contributed by atoms with E-state index in [-0.39, 0.29) is 0 Å². The lowest BCUT2D eigenvalue weighted by Gasteiger charge is -2.44. The number of nitrogens with zero attached hydrogens (tertiary/aromatic N) is 3. The molecule has 0 bridgehead atoms. The molecule has 0 aromatic heterocycles. The standard InChI is InChI=1S/C20H31N3/c1-2-9-20-18(7-1)10-14-23(20)13-6-5-11-21-15-16-22-12-4-3-8-19(22)17-21/h1-2,7,9,19H,3-6,8,10-17H2. The molecule has 1 unspecified atom stereocenters. The van der Waals surface area contributed by atoms with Gasteiger partial charge in [-0.1, -0.05) is 24.6 Å². The van der Waals surface area contributed by atoms with E-state index >= 15 is 0 Å². The molecule has 0 aliphatic carbocycles. The monoisotopic (exact) mass is 313 g/mol. The number of benzene rings is 1. The minimum Gasteiger partial charge on any atom is -0.371 e. The third kappa shape index (κ3) is 3.56. The molecule has 23 heavy (non-hydrogen) atoms. The first-order valence-electron chi connectivity index (χ1n) is 9.69. The van der Waals surface area contributed by atoms with Crippen molar-refractivity contribution in [2.75, 3.05) is 50.7 Å². The number of piperazine rings is 1. The fraction of sp³-hybridized carbons (Fsp3) is 0.700. The Bertz CT molecular complexity index is 515. The second-order valence-electron chi connectivity index (χ2n) is 7.56. The van der Waals surface area contributed by atoms with Crippen LogP contribution in [0.4, 0.5) is 5.69 Å². The molecule has 3 heterocycles. The highest BCUT2D eigenvalue weighted by atomic mass is 15.3. The van der Waals surface area contributed by atoms with E-state index in [0.29, 0.717) is 0 Å². The van der Waals surface area contributed by atoms with Crippen LogP contribution in [0.1, 0.15) is 37.7 Å². The van der Waals surface area contributed by atoms with Crippen LogP contribution in [0.25, 0.3) is 0 Å². The Kier molecular flexibility index (Phi) is 4.86. The summed E-state index contributed by atoms with van der Waals surface area (Å²) in [5.41, 5.74) is 3.03. The highest BCUT2D eigenvalue weighted by molar-refractivity contribution is 5.57. The number of piperidine rings is 1. The maximum absolute atomic E-state index is 2.74. The number of anilines is 1. The summed E-state index contributed by atoms with van der Waals surface area (Å²) in [6, 6.07) is 9.81. The van der Waals surface area contributed by atoms with Gasteiger partial charge in [0.1, 0.15) is 0 Å². The Balaban J connectivity index is 1.18. The summed E-state index contributed by atoms with van der Waals surface area (Å²) in [5, 5.41) is 0. The maximum atomic E-state index is 2.74. The van der Waals surface area contributed by atoms with Gasteiger partial charge in [-0.3, -0.25) is 4.90 Å². The highest BCUT2D eigenvalue weighted by Crippen LogP contribution is 2.27. The van der Waals surface area contributed by atoms with Gasteiger partial charge in [-0.2, -0.15) is 0 Å². The molecular weight excluding hydrogens is 282 g/mol. The van der Waals surface area contributed by atoms with Gasteiger partial charge < -0.3 is 9.80 Å². The number of hydrogen-bond donors (Lipinski definition) is 0. The van der Waals surface area contributed by atoms with Crippen molar-refractivity contribution in [1.82, 2.24) is 9.80 Å². The molecule has 126 valence electrons. The van der Waals surface area contributed by atoms with E-state index in [9.17, 15) is 0 Å². The van der Waals surface area contributed by atoms with Crippen LogP contribution in [0.2, 0.25) is 0 Å². The lowest BCUT2D eigenvalue weighted by Crippen LogP contribution is -2.54. The molecule has 2 fully saturated rings. The fourth-order valence-corrected chi connectivity index (χ4v) is 4.70. The summed E-state index contributed by atoms with van der Waals surface area (Å²) in [6.07, 6.45) is 8.22. The SMILES string of the molecule is c1ccc2c(c1)CCN2CCCCN1CCN2CCCCC2C1. The first-order valence-corrected chi connectivity index (χ1v) is 9.69. The molecule has 3 heteroatoms. The molecule has 4 rings (SSSR count). The molecule has 0 amide bonds. The summed E-state index contributed by atoms with van der Waals surface area (Å²) in [5.74, 6) is 0. The zero-order valence-electron chi connectivity index (χ0n) is 14.4. The molecule has 3 aliphatic heterocycles. The third-order valence-corrected chi connectivity index (χ3v) is 6.06. The topological polar surface area (TPSA) is 9.72 Å². The van der Waals surface area contributed by atoms with Crippen molar-refractivity contribution in [1.29, 1.82) is 0 Å². The quantitative estimate of drug-likeness (QED) is 0.774. The van der Waals surface area contributed by atoms with Gasteiger partial charge in [-0.15, -0.1) is 0 Å². The summed E-state index contributed by atoms with van der Waals surface area (Å²) < 4.78 is 0. The van der Waals surface area contributed by atoms with Crippen LogP contribution in [0, 0.1) is 0 Å². The van der Waals surface area contributed by atoms with Crippen molar-refractivity contribution in [2.45, 2.75) is 44.6 Å². The number of rotatable bonds is 5. The molecule has 3 aliphatic rings. The van der Waals surface area contributed by atoms with Crippen molar-refractivity contribution >= 4 is 5.69 Å². The largest absolute Gasteiger partial charge is 0.371 e. The molecule has 0 radical (unpaired) electrons. The van der Waals surface area contributed by atoms with Gasteiger partial charge in [0.05, 0.1) is 0 Å². The lowest BCUT2D eigenvalue weighted by atomic mass is 9.99. The van der Waals surface area contributed by atoms with E-state index in [0.717, 1.165) is 6.04 Å². The van der Waals surface area contributed by atoms with Gasteiger partial charge in [0.15, 0.2) is 0 Å². The van der Waals surface area contributed by atoms with E-state index in [1.54, 1.807) is 5.56 Å². The Morgan fingerprint density at radius 3 is 2.83 bits per heavy atom. The Morgan fingerprint density at radius 2 is 1.83 bits per heavy atom. The molecule has 0 saturated carbocycles. The number of fused-ring (bicyclic) bond motifs is 2. The van der Waals surface area contributed by atoms with E-state index in [1.807, 2.05) is 0 Å². The Hall–Kier alpha value is -1.06. The average Bonchev–Trinajstić information content (AvgIpc) is 3.02. The maximum Gasteiger partial charge on any atom is 0.0399 e. The van der Waals surface area contributed by atoms with Gasteiger partial charge in [0, 0.05) is 44.5 Å². The van der Waals surface area contributed by atoms with Gasteiger partial charge >= 0.3 is 0 Å². The number of hydrogen-bond acceptors (Lipinski definition) is 3. The predicted octanol–water partition coefficient (Wildman–Crippen LogP) is 3.00. The van der Waals surface area contributed by atoms with Crippen molar-refractivity contribution < 1.29 is 0 Å². The van der Waals surface area contributed by atoms with Crippen molar-refractivity contribution in [2.24, 2.45) is 0 Å². The summed E-state index contributed by atoms with van der Waals surface area (Å²) >= 11 is 0. The summed E-state index contributed by atoms with van der Waals surface area (Å²) in [7, 11) is 0. The Labute approximate surface area is 141 Å². The van der Waals surface area contributed by atoms with Crippen LogP contribution in [0.5, 0.6) is 0 Å². The first-order chi connectivity index (χ1) is 11.4. The first kappa shape index (κ1) is 15.5. The average molecular weight is 313 g/mol. The van der Waals surface area contributed by atoms with Crippen molar-refractivity contribution in [3.05, 3.63) is 29.8 Å². The van der Waals surface area contributed by atoms with Crippen molar-refractivity contribution in [3.63, 3.8) is 0 Å². The molecule has 1 aromatic rings. The molecule has 0 spiro atoms. The highest BCUT2D eigenvalue weighted by Gasteiger charge is 2.28. The van der Waals surface area contributed by atoms with Gasteiger partial charge in [-0.25, -0.2) is 0 Å². The molecule has 1 aromatic carbocycles. The zero-order chi connectivity index (χ0) is 15.5. The van der Waals surface area contributed by atoms with E-state index < -0.39 is 0 Å². The van der Waals surface area contributed by atoms with E-state index in [4.69, 9.17) is 0 Å². The van der Waals surface area contributed by atoms with E-state index in [1.165, 1.54) is 90.0 Å². The van der Waals surface area contributed by atoms with Gasteiger partial charge in [0.25, 0.3) is 0 Å². The van der Waals surface area contributed by atoms with Crippen LogP contribution in [0.15, 0.2) is 24.3 Å². The van der Waals surface area contributed by atoms with Gasteiger partial charge in [-0.05, 0) is 56.8 Å². The van der Waals surface area contributed by atoms with Crippen LogP contribution in [-0.4, -0.2) is 61.7 Å². The second kappa shape index (κ2) is 7.23. The minimum atomic E-state index is 0.864. The minimum absolute atomic E-state index is 0.864. The smallest absolute Gasteiger partial charge is 0.0399 e. The summed E-state index contributed by atoms with van der Waals surface area (Å²) in [6.45, 7) is 9.05. The fourth-order valence-electron chi connectivity index (χ4n) is 4.70. The molecule has 1 atom stereocenters. The molecule has 0 N–H and O–H groups in total. The third-order valence-electron chi connectivity index (χ3n) is 6.06. The van der Waals surface area contributed by atoms with Crippen molar-refractivity contribution in [3.8, 4) is 0 Å². The normalized spacial score (nSPS) is 25.4.